The minimum atomic E-state index is -0.840. The summed E-state index contributed by atoms with van der Waals surface area (Å²) in [5.74, 6) is -0.359. The number of hydrogen-bond donors (Lipinski definition) is 3. The van der Waals surface area contributed by atoms with Crippen LogP contribution in [-0.2, 0) is 4.79 Å². The maximum Gasteiger partial charge on any atom is 0.315 e. The van der Waals surface area contributed by atoms with E-state index in [-0.39, 0.29) is 24.4 Å². The van der Waals surface area contributed by atoms with Gasteiger partial charge in [-0.05, 0) is 25.2 Å². The number of amides is 2. The fraction of sp³-hybridized carbons (Fsp3) is 0.833. The van der Waals surface area contributed by atoms with Crippen molar-refractivity contribution in [3.63, 3.8) is 0 Å². The monoisotopic (exact) mass is 244 g/mol. The van der Waals surface area contributed by atoms with Gasteiger partial charge in [0.25, 0.3) is 0 Å². The molecule has 0 heterocycles. The fourth-order valence-electron chi connectivity index (χ4n) is 1.68. The lowest BCUT2D eigenvalue weighted by Crippen LogP contribution is -2.42. The van der Waals surface area contributed by atoms with Gasteiger partial charge in [0.1, 0.15) is 0 Å². The molecule has 0 saturated carbocycles. The summed E-state index contributed by atoms with van der Waals surface area (Å²) in [6.07, 6.45) is 1.000. The number of nitrogens with one attached hydrogen (secondary N) is 2. The smallest absolute Gasteiger partial charge is 0.315 e. The van der Waals surface area contributed by atoms with Crippen LogP contribution in [0.4, 0.5) is 4.79 Å². The Balaban J connectivity index is 3.75. The molecule has 0 saturated heterocycles. The molecule has 0 aliphatic heterocycles. The maximum atomic E-state index is 11.5. The molecule has 2 amide bonds. The van der Waals surface area contributed by atoms with Crippen molar-refractivity contribution in [3.8, 4) is 0 Å². The van der Waals surface area contributed by atoms with Crippen molar-refractivity contribution in [2.24, 2.45) is 11.8 Å². The Morgan fingerprint density at radius 1 is 1.18 bits per heavy atom. The van der Waals surface area contributed by atoms with Crippen LogP contribution in [0.2, 0.25) is 0 Å². The van der Waals surface area contributed by atoms with E-state index in [1.807, 2.05) is 6.92 Å². The molecular formula is C12H24N2O3. The average molecular weight is 244 g/mol. The highest BCUT2D eigenvalue weighted by Gasteiger charge is 2.11. The summed E-state index contributed by atoms with van der Waals surface area (Å²) in [5.41, 5.74) is 0. The molecule has 0 bridgehead atoms. The van der Waals surface area contributed by atoms with Gasteiger partial charge in [0.2, 0.25) is 0 Å². The number of hydrogen-bond acceptors (Lipinski definition) is 2. The first-order chi connectivity index (χ1) is 7.81. The van der Waals surface area contributed by atoms with Crippen LogP contribution < -0.4 is 10.6 Å². The highest BCUT2D eigenvalue weighted by molar-refractivity contribution is 5.74. The number of carboxylic acids is 1. The predicted octanol–water partition coefficient (Wildman–Crippen LogP) is 1.83. The zero-order valence-corrected chi connectivity index (χ0v) is 11.1. The summed E-state index contributed by atoms with van der Waals surface area (Å²) in [7, 11) is 0. The second-order valence-electron chi connectivity index (χ2n) is 5.09. The van der Waals surface area contributed by atoms with E-state index in [2.05, 4.69) is 24.5 Å². The van der Waals surface area contributed by atoms with Crippen LogP contribution in [0.3, 0.4) is 0 Å². The van der Waals surface area contributed by atoms with Crippen LogP contribution >= 0.6 is 0 Å². The number of rotatable bonds is 7. The molecule has 0 aliphatic rings. The minimum Gasteiger partial charge on any atom is -0.481 e. The number of carbonyl (C=O) groups is 2. The van der Waals surface area contributed by atoms with E-state index in [0.29, 0.717) is 12.5 Å². The largest absolute Gasteiger partial charge is 0.481 e. The molecule has 17 heavy (non-hydrogen) atoms. The number of carbonyl (C=O) groups excluding carboxylic acids is 1. The summed E-state index contributed by atoms with van der Waals surface area (Å²) in [5, 5.41) is 14.1. The van der Waals surface area contributed by atoms with Gasteiger partial charge in [-0.25, -0.2) is 4.79 Å². The molecule has 0 fully saturated rings. The van der Waals surface area contributed by atoms with Crippen molar-refractivity contribution in [3.05, 3.63) is 0 Å². The van der Waals surface area contributed by atoms with Crippen molar-refractivity contribution >= 4 is 12.0 Å². The van der Waals surface area contributed by atoms with Crippen molar-refractivity contribution in [1.29, 1.82) is 0 Å². The predicted molar refractivity (Wildman–Crippen MR) is 66.9 cm³/mol. The van der Waals surface area contributed by atoms with Crippen molar-refractivity contribution in [2.45, 2.75) is 46.6 Å². The van der Waals surface area contributed by atoms with Gasteiger partial charge in [-0.1, -0.05) is 20.8 Å². The number of carboxylic acid groups (broad SMARTS) is 1. The third-order valence-corrected chi connectivity index (χ3v) is 2.34. The first-order valence-corrected chi connectivity index (χ1v) is 6.07. The van der Waals surface area contributed by atoms with E-state index >= 15 is 0 Å². The SMILES string of the molecule is CC(C)CC(C)NC(=O)NCC(C)CC(=O)O. The zero-order chi connectivity index (χ0) is 13.4. The Labute approximate surface area is 103 Å². The Morgan fingerprint density at radius 2 is 1.76 bits per heavy atom. The maximum absolute atomic E-state index is 11.5. The molecule has 0 radical (unpaired) electrons. The molecule has 0 aromatic rings. The van der Waals surface area contributed by atoms with Gasteiger partial charge in [-0.3, -0.25) is 4.79 Å². The van der Waals surface area contributed by atoms with Crippen molar-refractivity contribution in [2.75, 3.05) is 6.54 Å². The summed E-state index contributed by atoms with van der Waals surface area (Å²) in [6.45, 7) is 8.34. The molecule has 2 unspecified atom stereocenters. The second kappa shape index (κ2) is 7.92. The minimum absolute atomic E-state index is 0.0568. The highest BCUT2D eigenvalue weighted by Crippen LogP contribution is 2.03. The fourth-order valence-corrected chi connectivity index (χ4v) is 1.68. The van der Waals surface area contributed by atoms with Gasteiger partial charge in [-0.15, -0.1) is 0 Å². The third-order valence-electron chi connectivity index (χ3n) is 2.34. The molecule has 0 spiro atoms. The lowest BCUT2D eigenvalue weighted by Gasteiger charge is -2.17. The van der Waals surface area contributed by atoms with Gasteiger partial charge in [-0.2, -0.15) is 0 Å². The van der Waals surface area contributed by atoms with Crippen molar-refractivity contribution < 1.29 is 14.7 Å². The van der Waals surface area contributed by atoms with Crippen molar-refractivity contribution in [1.82, 2.24) is 10.6 Å². The second-order valence-corrected chi connectivity index (χ2v) is 5.09. The summed E-state index contributed by atoms with van der Waals surface area (Å²) < 4.78 is 0. The quantitative estimate of drug-likeness (QED) is 0.639. The van der Waals surface area contributed by atoms with Crippen LogP contribution in [0.25, 0.3) is 0 Å². The molecule has 100 valence electrons. The number of urea groups is 1. The molecule has 0 aromatic heterocycles. The lowest BCUT2D eigenvalue weighted by atomic mass is 10.1. The molecule has 3 N–H and O–H groups in total. The Morgan fingerprint density at radius 3 is 2.24 bits per heavy atom. The highest BCUT2D eigenvalue weighted by atomic mass is 16.4. The van der Waals surface area contributed by atoms with Crippen LogP contribution in [0.1, 0.15) is 40.5 Å². The summed E-state index contributed by atoms with van der Waals surface area (Å²) in [6, 6.07) is -0.0971. The van der Waals surface area contributed by atoms with Gasteiger partial charge in [0.05, 0.1) is 0 Å². The first kappa shape index (κ1) is 15.7. The van der Waals surface area contributed by atoms with Gasteiger partial charge >= 0.3 is 12.0 Å². The van der Waals surface area contributed by atoms with E-state index in [1.165, 1.54) is 0 Å². The van der Waals surface area contributed by atoms with E-state index in [9.17, 15) is 9.59 Å². The molecule has 5 heteroatoms. The molecule has 0 rings (SSSR count). The molecule has 2 atom stereocenters. The molecular weight excluding hydrogens is 220 g/mol. The standard InChI is InChI=1S/C12H24N2O3/c1-8(2)5-10(4)14-12(17)13-7-9(3)6-11(15)16/h8-10H,5-7H2,1-4H3,(H,15,16)(H2,13,14,17). The normalized spacial score (nSPS) is 14.2. The van der Waals surface area contributed by atoms with E-state index in [1.54, 1.807) is 6.92 Å². The molecule has 0 aromatic carbocycles. The summed E-state index contributed by atoms with van der Waals surface area (Å²) in [4.78, 5) is 21.9. The lowest BCUT2D eigenvalue weighted by molar-refractivity contribution is -0.137. The molecule has 0 aliphatic carbocycles. The Hall–Kier alpha value is -1.26. The number of aliphatic carboxylic acids is 1. The molecule has 5 nitrogen and oxygen atoms in total. The first-order valence-electron chi connectivity index (χ1n) is 6.07. The van der Waals surface area contributed by atoms with Crippen LogP contribution in [-0.4, -0.2) is 29.7 Å². The Kier molecular flexibility index (Phi) is 7.34. The van der Waals surface area contributed by atoms with Gasteiger partial charge in [0, 0.05) is 19.0 Å². The van der Waals surface area contributed by atoms with E-state index in [4.69, 9.17) is 5.11 Å². The average Bonchev–Trinajstić information content (AvgIpc) is 2.12. The van der Waals surface area contributed by atoms with E-state index < -0.39 is 5.97 Å². The zero-order valence-electron chi connectivity index (χ0n) is 11.1. The van der Waals surface area contributed by atoms with Gasteiger partial charge < -0.3 is 15.7 Å². The van der Waals surface area contributed by atoms with E-state index in [0.717, 1.165) is 6.42 Å². The van der Waals surface area contributed by atoms with Crippen LogP contribution in [0.15, 0.2) is 0 Å². The Bertz CT molecular complexity index is 254. The topological polar surface area (TPSA) is 78.4 Å². The van der Waals surface area contributed by atoms with Crippen LogP contribution in [0.5, 0.6) is 0 Å². The van der Waals surface area contributed by atoms with Gasteiger partial charge in [0.15, 0.2) is 0 Å². The summed E-state index contributed by atoms with van der Waals surface area (Å²) >= 11 is 0. The van der Waals surface area contributed by atoms with Crippen LogP contribution in [0, 0.1) is 11.8 Å². The third kappa shape index (κ3) is 9.66.